The Kier molecular flexibility index (Phi) is 5.50. The Labute approximate surface area is 164 Å². The van der Waals surface area contributed by atoms with E-state index in [0.717, 1.165) is 48.5 Å². The average Bonchev–Trinajstić information content (AvgIpc) is 3.30. The molecule has 0 amide bonds. The Morgan fingerprint density at radius 3 is 2.81 bits per heavy atom. The summed E-state index contributed by atoms with van der Waals surface area (Å²) in [6.07, 6.45) is 3.99. The molecule has 1 aliphatic heterocycles. The number of anilines is 1. The maximum Gasteiger partial charge on any atom is 0.198 e. The summed E-state index contributed by atoms with van der Waals surface area (Å²) < 4.78 is 7.80. The lowest BCUT2D eigenvalue weighted by Gasteiger charge is -2.34. The second-order valence-electron chi connectivity index (χ2n) is 7.03. The SMILES string of the molecule is Cc1cccc(N2CCC(NCc3ccc(Sc4nncn4C)o3)CC2)c1. The van der Waals surface area contributed by atoms with Gasteiger partial charge in [-0.15, -0.1) is 10.2 Å². The van der Waals surface area contributed by atoms with Crippen molar-refractivity contribution in [3.05, 3.63) is 54.0 Å². The van der Waals surface area contributed by atoms with E-state index in [9.17, 15) is 0 Å². The number of aromatic nitrogens is 3. The van der Waals surface area contributed by atoms with Gasteiger partial charge in [0, 0.05) is 31.9 Å². The summed E-state index contributed by atoms with van der Waals surface area (Å²) in [6, 6.07) is 13.3. The largest absolute Gasteiger partial charge is 0.453 e. The highest BCUT2D eigenvalue weighted by Crippen LogP contribution is 2.27. The van der Waals surface area contributed by atoms with E-state index in [1.54, 1.807) is 6.33 Å². The molecule has 0 spiro atoms. The van der Waals surface area contributed by atoms with Crippen LogP contribution in [0.15, 0.2) is 57.4 Å². The van der Waals surface area contributed by atoms with Crippen LogP contribution in [0.1, 0.15) is 24.2 Å². The maximum atomic E-state index is 5.92. The van der Waals surface area contributed by atoms with Crippen LogP contribution in [0.4, 0.5) is 5.69 Å². The molecule has 0 saturated carbocycles. The highest BCUT2D eigenvalue weighted by atomic mass is 32.2. The molecule has 1 N–H and O–H groups in total. The monoisotopic (exact) mass is 383 g/mol. The van der Waals surface area contributed by atoms with Crippen molar-refractivity contribution in [1.82, 2.24) is 20.1 Å². The molecule has 1 fully saturated rings. The van der Waals surface area contributed by atoms with Crippen molar-refractivity contribution in [2.45, 2.75) is 42.6 Å². The van der Waals surface area contributed by atoms with Gasteiger partial charge in [0.05, 0.1) is 6.54 Å². The molecular formula is C20H25N5OS. The maximum absolute atomic E-state index is 5.92. The minimum atomic E-state index is 0.533. The van der Waals surface area contributed by atoms with Crippen LogP contribution in [-0.2, 0) is 13.6 Å². The van der Waals surface area contributed by atoms with E-state index >= 15 is 0 Å². The molecule has 6 nitrogen and oxygen atoms in total. The van der Waals surface area contributed by atoms with Gasteiger partial charge in [0.1, 0.15) is 12.1 Å². The van der Waals surface area contributed by atoms with Crippen molar-refractivity contribution >= 4 is 17.4 Å². The Morgan fingerprint density at radius 2 is 2.07 bits per heavy atom. The van der Waals surface area contributed by atoms with Gasteiger partial charge in [0.2, 0.25) is 0 Å². The number of hydrogen-bond donors (Lipinski definition) is 1. The van der Waals surface area contributed by atoms with Gasteiger partial charge in [0.15, 0.2) is 10.2 Å². The van der Waals surface area contributed by atoms with Crippen LogP contribution in [0.5, 0.6) is 0 Å². The first kappa shape index (κ1) is 18.1. The van der Waals surface area contributed by atoms with Gasteiger partial charge in [0.25, 0.3) is 0 Å². The zero-order valence-electron chi connectivity index (χ0n) is 15.8. The average molecular weight is 384 g/mol. The molecule has 1 aliphatic rings. The molecule has 1 aromatic carbocycles. The van der Waals surface area contributed by atoms with Gasteiger partial charge in [-0.1, -0.05) is 12.1 Å². The Balaban J connectivity index is 1.25. The number of aryl methyl sites for hydroxylation is 2. The number of nitrogens with zero attached hydrogens (tertiary/aromatic N) is 4. The van der Waals surface area contributed by atoms with Gasteiger partial charge >= 0.3 is 0 Å². The van der Waals surface area contributed by atoms with E-state index < -0.39 is 0 Å². The fraction of sp³-hybridized carbons (Fsp3) is 0.400. The van der Waals surface area contributed by atoms with Crippen molar-refractivity contribution in [2.75, 3.05) is 18.0 Å². The van der Waals surface area contributed by atoms with Gasteiger partial charge in [-0.25, -0.2) is 0 Å². The van der Waals surface area contributed by atoms with Gasteiger partial charge in [-0.3, -0.25) is 0 Å². The predicted octanol–water partition coefficient (Wildman–Crippen LogP) is 3.63. The van der Waals surface area contributed by atoms with Crippen molar-refractivity contribution in [3.8, 4) is 0 Å². The van der Waals surface area contributed by atoms with Crippen molar-refractivity contribution in [1.29, 1.82) is 0 Å². The zero-order chi connectivity index (χ0) is 18.6. The second-order valence-corrected chi connectivity index (χ2v) is 8.00. The van der Waals surface area contributed by atoms with Crippen molar-refractivity contribution in [3.63, 3.8) is 0 Å². The highest BCUT2D eigenvalue weighted by molar-refractivity contribution is 7.99. The van der Waals surface area contributed by atoms with Crippen molar-refractivity contribution < 1.29 is 4.42 Å². The normalized spacial score (nSPS) is 15.4. The molecule has 3 heterocycles. The summed E-state index contributed by atoms with van der Waals surface area (Å²) in [5.41, 5.74) is 2.66. The zero-order valence-corrected chi connectivity index (χ0v) is 16.6. The number of benzene rings is 1. The molecular weight excluding hydrogens is 358 g/mol. The molecule has 4 rings (SSSR count). The molecule has 7 heteroatoms. The molecule has 2 aromatic heterocycles. The van der Waals surface area contributed by atoms with E-state index in [-0.39, 0.29) is 0 Å². The van der Waals surface area contributed by atoms with Crippen LogP contribution in [0.3, 0.4) is 0 Å². The lowest BCUT2D eigenvalue weighted by Crippen LogP contribution is -2.42. The lowest BCUT2D eigenvalue weighted by molar-refractivity contribution is 0.369. The quantitative estimate of drug-likeness (QED) is 0.701. The second kappa shape index (κ2) is 8.19. The Morgan fingerprint density at radius 1 is 1.22 bits per heavy atom. The standard InChI is InChI=1S/C20H25N5OS/c1-15-4-3-5-17(12-15)25-10-8-16(9-11-25)21-13-18-6-7-19(26-18)27-20-23-22-14-24(20)2/h3-7,12,14,16,21H,8-11,13H2,1-2H3. The smallest absolute Gasteiger partial charge is 0.198 e. The van der Waals surface area contributed by atoms with Crippen LogP contribution in [0.25, 0.3) is 0 Å². The van der Waals surface area contributed by atoms with Crippen LogP contribution in [0.2, 0.25) is 0 Å². The molecule has 27 heavy (non-hydrogen) atoms. The minimum absolute atomic E-state index is 0.533. The third-order valence-corrected chi connectivity index (χ3v) is 5.90. The number of nitrogens with one attached hydrogen (secondary N) is 1. The Bertz CT molecular complexity index is 882. The van der Waals surface area contributed by atoms with Crippen LogP contribution < -0.4 is 10.2 Å². The molecule has 0 bridgehead atoms. The van der Waals surface area contributed by atoms with Crippen LogP contribution in [-0.4, -0.2) is 33.9 Å². The van der Waals surface area contributed by atoms with Crippen LogP contribution in [0, 0.1) is 6.92 Å². The fourth-order valence-electron chi connectivity index (χ4n) is 3.37. The molecule has 0 atom stereocenters. The summed E-state index contributed by atoms with van der Waals surface area (Å²) in [6.45, 7) is 5.09. The summed E-state index contributed by atoms with van der Waals surface area (Å²) in [5, 5.41) is 13.3. The van der Waals surface area contributed by atoms with Crippen molar-refractivity contribution in [2.24, 2.45) is 7.05 Å². The van der Waals surface area contributed by atoms with Gasteiger partial charge < -0.3 is 19.2 Å². The predicted molar refractivity (Wildman–Crippen MR) is 107 cm³/mol. The van der Waals surface area contributed by atoms with E-state index in [1.807, 2.05) is 23.7 Å². The van der Waals surface area contributed by atoms with E-state index in [1.165, 1.54) is 23.0 Å². The minimum Gasteiger partial charge on any atom is -0.453 e. The van der Waals surface area contributed by atoms with E-state index in [0.29, 0.717) is 6.04 Å². The first-order valence-corrected chi connectivity index (χ1v) is 10.1. The molecule has 1 saturated heterocycles. The molecule has 142 valence electrons. The Hall–Kier alpha value is -2.25. The summed E-state index contributed by atoms with van der Waals surface area (Å²) in [7, 11) is 1.93. The molecule has 0 aliphatic carbocycles. The van der Waals surface area contributed by atoms with Gasteiger partial charge in [-0.05, 0) is 61.4 Å². The molecule has 0 unspecified atom stereocenters. The number of rotatable bonds is 6. The van der Waals surface area contributed by atoms with Gasteiger partial charge in [-0.2, -0.15) is 0 Å². The summed E-state index contributed by atoms with van der Waals surface area (Å²) >= 11 is 1.49. The molecule has 3 aromatic rings. The first-order chi connectivity index (χ1) is 13.2. The van der Waals surface area contributed by atoms with E-state index in [4.69, 9.17) is 4.42 Å². The fourth-order valence-corrected chi connectivity index (χ4v) is 4.12. The topological polar surface area (TPSA) is 59.1 Å². The summed E-state index contributed by atoms with van der Waals surface area (Å²) in [5.74, 6) is 0.959. The lowest BCUT2D eigenvalue weighted by atomic mass is 10.0. The highest BCUT2D eigenvalue weighted by Gasteiger charge is 2.19. The number of piperidine rings is 1. The first-order valence-electron chi connectivity index (χ1n) is 9.33. The third kappa shape index (κ3) is 4.54. The number of hydrogen-bond acceptors (Lipinski definition) is 6. The van der Waals surface area contributed by atoms with E-state index in [2.05, 4.69) is 51.6 Å². The van der Waals surface area contributed by atoms with Crippen LogP contribution >= 0.6 is 11.8 Å². The molecule has 0 radical (unpaired) electrons. The number of furan rings is 1. The third-order valence-electron chi connectivity index (χ3n) is 4.93. The summed E-state index contributed by atoms with van der Waals surface area (Å²) in [4.78, 5) is 2.48.